The van der Waals surface area contributed by atoms with Crippen LogP contribution < -0.4 is 4.90 Å². The SMILES string of the molecule is CC(O)c1cc(F)ccc1N1CCN(C)C(=O)C1. The highest BCUT2D eigenvalue weighted by atomic mass is 19.1. The summed E-state index contributed by atoms with van der Waals surface area (Å²) < 4.78 is 13.2. The van der Waals surface area contributed by atoms with Crippen LogP contribution in [-0.4, -0.2) is 42.6 Å². The number of nitrogens with zero attached hydrogens (tertiary/aromatic N) is 2. The lowest BCUT2D eigenvalue weighted by Gasteiger charge is -2.35. The van der Waals surface area contributed by atoms with Gasteiger partial charge in [-0.2, -0.15) is 0 Å². The van der Waals surface area contributed by atoms with Gasteiger partial charge in [-0.05, 0) is 25.1 Å². The summed E-state index contributed by atoms with van der Waals surface area (Å²) >= 11 is 0. The van der Waals surface area contributed by atoms with Gasteiger partial charge in [0, 0.05) is 31.4 Å². The Hall–Kier alpha value is -1.62. The maximum Gasteiger partial charge on any atom is 0.241 e. The van der Waals surface area contributed by atoms with Crippen LogP contribution in [0.2, 0.25) is 0 Å². The topological polar surface area (TPSA) is 43.8 Å². The summed E-state index contributed by atoms with van der Waals surface area (Å²) in [6.45, 7) is 3.18. The van der Waals surface area contributed by atoms with Gasteiger partial charge in [0.25, 0.3) is 0 Å². The maximum atomic E-state index is 13.2. The Morgan fingerprint density at radius 3 is 2.72 bits per heavy atom. The Balaban J connectivity index is 2.30. The molecule has 1 amide bonds. The number of hydrogen-bond donors (Lipinski definition) is 1. The number of anilines is 1. The van der Waals surface area contributed by atoms with Gasteiger partial charge in [0.2, 0.25) is 5.91 Å². The van der Waals surface area contributed by atoms with E-state index in [1.807, 2.05) is 4.90 Å². The molecular weight excluding hydrogens is 235 g/mol. The summed E-state index contributed by atoms with van der Waals surface area (Å²) in [5, 5.41) is 9.69. The van der Waals surface area contributed by atoms with Crippen molar-refractivity contribution in [1.82, 2.24) is 4.90 Å². The van der Waals surface area contributed by atoms with Crippen LogP contribution in [0.5, 0.6) is 0 Å². The third-order valence-electron chi connectivity index (χ3n) is 3.24. The molecule has 18 heavy (non-hydrogen) atoms. The molecule has 5 heteroatoms. The molecule has 0 aliphatic carbocycles. The van der Waals surface area contributed by atoms with Gasteiger partial charge in [-0.1, -0.05) is 0 Å². The first kappa shape index (κ1) is 12.8. The van der Waals surface area contributed by atoms with Crippen LogP contribution in [0, 0.1) is 5.82 Å². The minimum absolute atomic E-state index is 0.0297. The van der Waals surface area contributed by atoms with Crippen LogP contribution in [0.25, 0.3) is 0 Å². The maximum absolute atomic E-state index is 13.2. The van der Waals surface area contributed by atoms with Gasteiger partial charge in [-0.25, -0.2) is 4.39 Å². The Labute approximate surface area is 106 Å². The zero-order valence-corrected chi connectivity index (χ0v) is 10.6. The van der Waals surface area contributed by atoms with Gasteiger partial charge in [0.1, 0.15) is 5.82 Å². The van der Waals surface area contributed by atoms with E-state index in [1.165, 1.54) is 12.1 Å². The highest BCUT2D eigenvalue weighted by Gasteiger charge is 2.23. The average Bonchev–Trinajstić information content (AvgIpc) is 2.32. The lowest BCUT2D eigenvalue weighted by Crippen LogP contribution is -2.48. The molecule has 1 unspecified atom stereocenters. The van der Waals surface area contributed by atoms with Crippen molar-refractivity contribution in [3.05, 3.63) is 29.6 Å². The van der Waals surface area contributed by atoms with Crippen molar-refractivity contribution in [2.75, 3.05) is 31.6 Å². The molecule has 1 aliphatic heterocycles. The third-order valence-corrected chi connectivity index (χ3v) is 3.24. The molecule has 1 heterocycles. The average molecular weight is 252 g/mol. The standard InChI is InChI=1S/C13H17FN2O2/c1-9(17)11-7-10(14)3-4-12(11)16-6-5-15(2)13(18)8-16/h3-4,7,9,17H,5-6,8H2,1-2H3. The number of halogens is 1. The molecule has 1 aliphatic rings. The number of carbonyl (C=O) groups is 1. The molecule has 2 rings (SSSR count). The molecule has 0 spiro atoms. The van der Waals surface area contributed by atoms with Crippen LogP contribution in [0.1, 0.15) is 18.6 Å². The number of benzene rings is 1. The van der Waals surface area contributed by atoms with Gasteiger partial charge >= 0.3 is 0 Å². The van der Waals surface area contributed by atoms with Crippen molar-refractivity contribution in [1.29, 1.82) is 0 Å². The number of hydrogen-bond acceptors (Lipinski definition) is 3. The molecule has 0 saturated carbocycles. The van der Waals surface area contributed by atoms with E-state index in [2.05, 4.69) is 0 Å². The molecule has 1 atom stereocenters. The van der Waals surface area contributed by atoms with Gasteiger partial charge in [0.05, 0.1) is 12.6 Å². The number of rotatable bonds is 2. The lowest BCUT2D eigenvalue weighted by molar-refractivity contribution is -0.129. The molecule has 1 aromatic rings. The number of piperazine rings is 1. The van der Waals surface area contributed by atoms with Crippen molar-refractivity contribution in [3.8, 4) is 0 Å². The fourth-order valence-corrected chi connectivity index (χ4v) is 2.11. The molecule has 4 nitrogen and oxygen atoms in total. The van der Waals surface area contributed by atoms with E-state index in [9.17, 15) is 14.3 Å². The monoisotopic (exact) mass is 252 g/mol. The summed E-state index contributed by atoms with van der Waals surface area (Å²) in [4.78, 5) is 15.2. The van der Waals surface area contributed by atoms with Crippen molar-refractivity contribution in [2.45, 2.75) is 13.0 Å². The summed E-state index contributed by atoms with van der Waals surface area (Å²) in [7, 11) is 1.76. The van der Waals surface area contributed by atoms with Crippen molar-refractivity contribution in [3.63, 3.8) is 0 Å². The first-order valence-corrected chi connectivity index (χ1v) is 5.95. The highest BCUT2D eigenvalue weighted by molar-refractivity contribution is 5.83. The smallest absolute Gasteiger partial charge is 0.241 e. The summed E-state index contributed by atoms with van der Waals surface area (Å²) in [6, 6.07) is 4.29. The molecule has 98 valence electrons. The molecular formula is C13H17FN2O2. The summed E-state index contributed by atoms with van der Waals surface area (Å²) in [5.41, 5.74) is 1.25. The van der Waals surface area contributed by atoms with Crippen LogP contribution in [-0.2, 0) is 4.79 Å². The zero-order chi connectivity index (χ0) is 13.3. The Kier molecular flexibility index (Phi) is 3.52. The number of likely N-dealkylation sites (N-methyl/N-ethyl adjacent to an activating group) is 1. The molecule has 0 aromatic heterocycles. The summed E-state index contributed by atoms with van der Waals surface area (Å²) in [5.74, 6) is -0.350. The molecule has 0 bridgehead atoms. The fraction of sp³-hybridized carbons (Fsp3) is 0.462. The van der Waals surface area contributed by atoms with E-state index in [1.54, 1.807) is 24.9 Å². The van der Waals surface area contributed by atoms with E-state index >= 15 is 0 Å². The first-order chi connectivity index (χ1) is 8.49. The van der Waals surface area contributed by atoms with E-state index in [4.69, 9.17) is 0 Å². The molecule has 1 saturated heterocycles. The minimum Gasteiger partial charge on any atom is -0.389 e. The minimum atomic E-state index is -0.759. The quantitative estimate of drug-likeness (QED) is 0.859. The molecule has 1 aromatic carbocycles. The predicted molar refractivity (Wildman–Crippen MR) is 66.9 cm³/mol. The van der Waals surface area contributed by atoms with Crippen molar-refractivity contribution < 1.29 is 14.3 Å². The lowest BCUT2D eigenvalue weighted by atomic mass is 10.1. The Morgan fingerprint density at radius 2 is 2.11 bits per heavy atom. The Morgan fingerprint density at radius 1 is 1.39 bits per heavy atom. The number of amides is 1. The second-order valence-electron chi connectivity index (χ2n) is 4.62. The fourth-order valence-electron chi connectivity index (χ4n) is 2.11. The van der Waals surface area contributed by atoms with Gasteiger partial charge in [0.15, 0.2) is 0 Å². The number of carbonyl (C=O) groups excluding carboxylic acids is 1. The normalized spacial score (nSPS) is 18.1. The molecule has 0 radical (unpaired) electrons. The largest absolute Gasteiger partial charge is 0.389 e. The van der Waals surface area contributed by atoms with Gasteiger partial charge in [-0.3, -0.25) is 4.79 Å². The first-order valence-electron chi connectivity index (χ1n) is 5.95. The predicted octanol–water partition coefficient (Wildman–Crippen LogP) is 1.16. The van der Waals surface area contributed by atoms with E-state index in [0.717, 1.165) is 5.69 Å². The zero-order valence-electron chi connectivity index (χ0n) is 10.6. The van der Waals surface area contributed by atoms with Crippen LogP contribution in [0.4, 0.5) is 10.1 Å². The second kappa shape index (κ2) is 4.94. The molecule has 1 N–H and O–H groups in total. The van der Waals surface area contributed by atoms with E-state index < -0.39 is 6.10 Å². The van der Waals surface area contributed by atoms with E-state index in [-0.39, 0.29) is 18.3 Å². The van der Waals surface area contributed by atoms with Gasteiger partial charge < -0.3 is 14.9 Å². The van der Waals surface area contributed by atoms with Gasteiger partial charge in [-0.15, -0.1) is 0 Å². The van der Waals surface area contributed by atoms with Crippen molar-refractivity contribution >= 4 is 11.6 Å². The second-order valence-corrected chi connectivity index (χ2v) is 4.62. The summed E-state index contributed by atoms with van der Waals surface area (Å²) in [6.07, 6.45) is -0.759. The third kappa shape index (κ3) is 2.46. The number of aliphatic hydroxyl groups is 1. The van der Waals surface area contributed by atoms with Crippen molar-refractivity contribution in [2.24, 2.45) is 0 Å². The van der Waals surface area contributed by atoms with Crippen LogP contribution >= 0.6 is 0 Å². The molecule has 1 fully saturated rings. The Bertz CT molecular complexity index is 462. The number of aliphatic hydroxyl groups excluding tert-OH is 1. The van der Waals surface area contributed by atoms with Crippen LogP contribution in [0.15, 0.2) is 18.2 Å². The van der Waals surface area contributed by atoms with Crippen LogP contribution in [0.3, 0.4) is 0 Å². The highest BCUT2D eigenvalue weighted by Crippen LogP contribution is 2.28. The van der Waals surface area contributed by atoms with E-state index in [0.29, 0.717) is 18.7 Å².